The maximum absolute atomic E-state index is 16.0. The molecule has 15 heteroatoms. The number of nitrogens with two attached hydrogens (primary N) is 1. The Hall–Kier alpha value is -3.59. The number of methoxy groups -OCH3 is 1. The number of aliphatic carboxylic acids is 2. The largest absolute Gasteiger partial charge is 0.497 e. The van der Waals surface area contributed by atoms with Crippen LogP contribution in [0.3, 0.4) is 0 Å². The van der Waals surface area contributed by atoms with Crippen LogP contribution in [0, 0.1) is 0 Å². The number of halogens is 2. The summed E-state index contributed by atoms with van der Waals surface area (Å²) >= 11 is 5.82. The van der Waals surface area contributed by atoms with Crippen molar-refractivity contribution in [2.75, 3.05) is 26.1 Å². The van der Waals surface area contributed by atoms with Gasteiger partial charge in [0.25, 0.3) is 5.60 Å². The molecule has 2 aromatic heterocycles. The average molecular weight is 526 g/mol. The number of fused-ring (bicyclic) bond motifs is 1. The zero-order chi connectivity index (χ0) is 26.3. The number of alkyl halides is 1. The number of hydrogen-bond donors (Lipinski definition) is 4. The highest BCUT2D eigenvalue weighted by Gasteiger charge is 2.55. The van der Waals surface area contributed by atoms with E-state index < -0.39 is 55.2 Å². The third kappa shape index (κ3) is 4.28. The van der Waals surface area contributed by atoms with Gasteiger partial charge in [0.15, 0.2) is 11.5 Å². The van der Waals surface area contributed by atoms with Crippen molar-refractivity contribution in [3.63, 3.8) is 0 Å². The van der Waals surface area contributed by atoms with E-state index in [2.05, 4.69) is 15.0 Å². The maximum Gasteiger partial charge on any atom is 0.348 e. The molecule has 1 saturated heterocycles. The summed E-state index contributed by atoms with van der Waals surface area (Å²) in [4.78, 5) is 35.7. The van der Waals surface area contributed by atoms with Crippen molar-refractivity contribution < 1.29 is 43.5 Å². The van der Waals surface area contributed by atoms with Crippen LogP contribution in [0.25, 0.3) is 11.2 Å². The highest BCUT2D eigenvalue weighted by atomic mass is 35.5. The minimum atomic E-state index is -2.76. The molecule has 0 bridgehead atoms. The van der Waals surface area contributed by atoms with Crippen molar-refractivity contribution in [2.24, 2.45) is 0 Å². The molecule has 3 heterocycles. The molecule has 3 atom stereocenters. The quantitative estimate of drug-likeness (QED) is 0.225. The number of aliphatic hydroxyl groups is 1. The lowest BCUT2D eigenvalue weighted by molar-refractivity contribution is -0.188. The Bertz CT molecular complexity index is 1310. The highest BCUT2D eigenvalue weighted by Crippen LogP contribution is 2.37. The minimum absolute atomic E-state index is 0.0392. The zero-order valence-electron chi connectivity index (χ0n) is 18.7. The van der Waals surface area contributed by atoms with E-state index in [0.29, 0.717) is 11.3 Å². The van der Waals surface area contributed by atoms with Gasteiger partial charge < -0.3 is 35.3 Å². The Balaban J connectivity index is 1.58. The number of aliphatic hydroxyl groups excluding tert-OH is 1. The van der Waals surface area contributed by atoms with Crippen molar-refractivity contribution in [2.45, 2.75) is 30.0 Å². The predicted molar refractivity (Wildman–Crippen MR) is 120 cm³/mol. The Morgan fingerprint density at radius 3 is 2.75 bits per heavy atom. The standard InChI is InChI=1S/C21H21ClFN5O8/c1-34-11-4-2-3-10(5-11)6-20(17(30)31,18(32)33)36-7-12-14(29)21(23,8-35-12)28-9-25-13-15(24)26-19(22)27-16(13)28/h2-5,9,12,14,29H,6-8H2,1H3,(H,30,31)(H,32,33)(H2,24,26,27)/t12-,14-,21?/m1/s1. The van der Waals surface area contributed by atoms with Gasteiger partial charge in [0.05, 0.1) is 20.0 Å². The first-order valence-electron chi connectivity index (χ1n) is 10.4. The first-order valence-corrected chi connectivity index (χ1v) is 10.8. The first-order chi connectivity index (χ1) is 17.0. The molecular weight excluding hydrogens is 505 g/mol. The number of ether oxygens (including phenoxy) is 3. The van der Waals surface area contributed by atoms with E-state index in [1.807, 2.05) is 0 Å². The topological polar surface area (TPSA) is 192 Å². The molecule has 0 spiro atoms. The van der Waals surface area contributed by atoms with Gasteiger partial charge in [0.1, 0.15) is 30.1 Å². The van der Waals surface area contributed by atoms with Crippen molar-refractivity contribution in [3.05, 3.63) is 41.4 Å². The van der Waals surface area contributed by atoms with Gasteiger partial charge in [-0.05, 0) is 29.3 Å². The number of nitrogens with zero attached hydrogens (tertiary/aromatic N) is 4. The molecule has 1 aliphatic heterocycles. The van der Waals surface area contributed by atoms with Crippen LogP contribution in [-0.4, -0.2) is 84.9 Å². The van der Waals surface area contributed by atoms with Crippen LogP contribution in [0.5, 0.6) is 5.75 Å². The number of carboxylic acid groups (broad SMARTS) is 2. The van der Waals surface area contributed by atoms with Gasteiger partial charge in [-0.3, -0.25) is 4.57 Å². The summed E-state index contributed by atoms with van der Waals surface area (Å²) in [5, 5.41) is 30.0. The third-order valence-electron chi connectivity index (χ3n) is 5.87. The number of benzene rings is 1. The van der Waals surface area contributed by atoms with Gasteiger partial charge in [-0.2, -0.15) is 9.97 Å². The second-order valence-corrected chi connectivity index (χ2v) is 8.39. The molecule has 1 aliphatic rings. The molecule has 4 rings (SSSR count). The Labute approximate surface area is 207 Å². The van der Waals surface area contributed by atoms with Crippen molar-refractivity contribution in [1.29, 1.82) is 0 Å². The van der Waals surface area contributed by atoms with Gasteiger partial charge in [-0.25, -0.2) is 19.0 Å². The Morgan fingerprint density at radius 2 is 2.08 bits per heavy atom. The van der Waals surface area contributed by atoms with Crippen molar-refractivity contribution in [3.8, 4) is 5.75 Å². The van der Waals surface area contributed by atoms with E-state index in [0.717, 1.165) is 10.9 Å². The highest BCUT2D eigenvalue weighted by molar-refractivity contribution is 6.28. The molecule has 36 heavy (non-hydrogen) atoms. The summed E-state index contributed by atoms with van der Waals surface area (Å²) in [5.41, 5.74) is 3.21. The molecule has 0 saturated carbocycles. The SMILES string of the molecule is COc1cccc(CC(OC[C@H]2OCC(F)(n3cnc4c(N)nc(Cl)nc43)[C@@H]2O)(C(=O)O)C(=O)O)c1. The first kappa shape index (κ1) is 25.5. The molecule has 192 valence electrons. The zero-order valence-corrected chi connectivity index (χ0v) is 19.4. The number of imidazole rings is 1. The summed E-state index contributed by atoms with van der Waals surface area (Å²) in [6.45, 7) is -1.47. The summed E-state index contributed by atoms with van der Waals surface area (Å²) in [7, 11) is 1.40. The molecule has 1 fully saturated rings. The lowest BCUT2D eigenvalue weighted by Gasteiger charge is -2.29. The molecule has 0 radical (unpaired) electrons. The molecule has 0 aliphatic carbocycles. The van der Waals surface area contributed by atoms with Crippen LogP contribution in [0.4, 0.5) is 10.2 Å². The van der Waals surface area contributed by atoms with E-state index in [1.165, 1.54) is 19.2 Å². The van der Waals surface area contributed by atoms with Crippen LogP contribution in [0.15, 0.2) is 30.6 Å². The van der Waals surface area contributed by atoms with Crippen molar-refractivity contribution >= 4 is 40.5 Å². The Kier molecular flexibility index (Phi) is 6.70. The van der Waals surface area contributed by atoms with Crippen LogP contribution < -0.4 is 10.5 Å². The fourth-order valence-corrected chi connectivity index (χ4v) is 4.09. The second-order valence-electron chi connectivity index (χ2n) is 8.05. The fraction of sp³-hybridized carbons (Fsp3) is 0.381. The fourth-order valence-electron chi connectivity index (χ4n) is 3.91. The van der Waals surface area contributed by atoms with Gasteiger partial charge in [-0.15, -0.1) is 0 Å². The average Bonchev–Trinajstić information content (AvgIpc) is 3.38. The van der Waals surface area contributed by atoms with Gasteiger partial charge in [0.2, 0.25) is 11.1 Å². The van der Waals surface area contributed by atoms with Gasteiger partial charge >= 0.3 is 11.9 Å². The lowest BCUT2D eigenvalue weighted by atomic mass is 9.94. The molecule has 3 aromatic rings. The summed E-state index contributed by atoms with van der Waals surface area (Å²) in [5.74, 6) is -5.94. The minimum Gasteiger partial charge on any atom is -0.497 e. The van der Waals surface area contributed by atoms with Crippen LogP contribution >= 0.6 is 11.6 Å². The van der Waals surface area contributed by atoms with E-state index in [1.54, 1.807) is 12.1 Å². The molecule has 13 nitrogen and oxygen atoms in total. The molecular formula is C21H21ClFN5O8. The maximum atomic E-state index is 16.0. The van der Waals surface area contributed by atoms with Crippen molar-refractivity contribution in [1.82, 2.24) is 19.5 Å². The molecule has 1 unspecified atom stereocenters. The van der Waals surface area contributed by atoms with Gasteiger partial charge in [0, 0.05) is 6.42 Å². The number of carboxylic acids is 2. The van der Waals surface area contributed by atoms with Gasteiger partial charge in [-0.1, -0.05) is 12.1 Å². The summed E-state index contributed by atoms with van der Waals surface area (Å²) < 4.78 is 32.6. The third-order valence-corrected chi connectivity index (χ3v) is 6.04. The lowest BCUT2D eigenvalue weighted by Crippen LogP contribution is -2.53. The number of hydrogen-bond acceptors (Lipinski definition) is 10. The van der Waals surface area contributed by atoms with E-state index in [9.17, 15) is 24.9 Å². The molecule has 1 aromatic carbocycles. The van der Waals surface area contributed by atoms with E-state index in [4.69, 9.17) is 31.5 Å². The molecule has 5 N–H and O–H groups in total. The number of nitrogen functional groups attached to an aromatic ring is 1. The smallest absolute Gasteiger partial charge is 0.348 e. The summed E-state index contributed by atoms with van der Waals surface area (Å²) in [6.07, 6.45) is -2.92. The number of carbonyl (C=O) groups is 2. The van der Waals surface area contributed by atoms with Crippen LogP contribution in [0.1, 0.15) is 5.56 Å². The second kappa shape index (κ2) is 9.46. The monoisotopic (exact) mass is 525 g/mol. The normalized spacial score (nSPS) is 22.1. The number of rotatable bonds is 9. The van der Waals surface area contributed by atoms with Crippen LogP contribution in [0.2, 0.25) is 5.28 Å². The molecule has 0 amide bonds. The number of anilines is 1. The van der Waals surface area contributed by atoms with E-state index >= 15 is 4.39 Å². The number of aromatic nitrogens is 4. The summed E-state index contributed by atoms with van der Waals surface area (Å²) in [6, 6.07) is 6.12. The Morgan fingerprint density at radius 1 is 1.36 bits per heavy atom. The van der Waals surface area contributed by atoms with E-state index in [-0.39, 0.29) is 22.3 Å². The predicted octanol–water partition coefficient (Wildman–Crippen LogP) is 0.620. The van der Waals surface area contributed by atoms with Crippen LogP contribution in [-0.2, 0) is 31.3 Å².